The molecule has 1 aromatic carbocycles. The molecule has 1 saturated heterocycles. The number of rotatable bonds is 3. The van der Waals surface area contributed by atoms with E-state index in [2.05, 4.69) is 26.2 Å². The highest BCUT2D eigenvalue weighted by Gasteiger charge is 2.27. The van der Waals surface area contributed by atoms with Crippen LogP contribution >= 0.6 is 15.9 Å². The number of nitrogens with one attached hydrogen (secondary N) is 1. The Kier molecular flexibility index (Phi) is 3.36. The number of aromatic nitrogens is 1. The van der Waals surface area contributed by atoms with Crippen molar-refractivity contribution in [2.24, 2.45) is 0 Å². The van der Waals surface area contributed by atoms with Gasteiger partial charge in [-0.3, -0.25) is 0 Å². The summed E-state index contributed by atoms with van der Waals surface area (Å²) in [4.78, 5) is 4.36. The SMILES string of the molecule is O=S1(=O)CCC(NCc2nc3cccc(Br)c3o2)C1. The van der Waals surface area contributed by atoms with E-state index in [0.29, 0.717) is 18.9 Å². The Morgan fingerprint density at radius 3 is 3.00 bits per heavy atom. The van der Waals surface area contributed by atoms with E-state index in [-0.39, 0.29) is 17.5 Å². The highest BCUT2D eigenvalue weighted by atomic mass is 79.9. The fraction of sp³-hybridized carbons (Fsp3) is 0.417. The zero-order valence-electron chi connectivity index (χ0n) is 10.1. The Bertz CT molecular complexity index is 711. The van der Waals surface area contributed by atoms with E-state index in [1.54, 1.807) is 0 Å². The van der Waals surface area contributed by atoms with E-state index in [9.17, 15) is 8.42 Å². The predicted molar refractivity (Wildman–Crippen MR) is 75.6 cm³/mol. The lowest BCUT2D eigenvalue weighted by Gasteiger charge is -2.07. The number of para-hydroxylation sites is 1. The molecule has 1 aromatic heterocycles. The van der Waals surface area contributed by atoms with E-state index in [4.69, 9.17) is 4.42 Å². The van der Waals surface area contributed by atoms with Crippen molar-refractivity contribution in [1.82, 2.24) is 10.3 Å². The standard InChI is InChI=1S/C12H13BrN2O3S/c13-9-2-1-3-10-12(9)18-11(15-10)6-14-8-4-5-19(16,17)7-8/h1-3,8,14H,4-7H2. The van der Waals surface area contributed by atoms with E-state index >= 15 is 0 Å². The summed E-state index contributed by atoms with van der Waals surface area (Å²) < 4.78 is 29.2. The Hall–Kier alpha value is -0.920. The molecule has 5 nitrogen and oxygen atoms in total. The molecular formula is C12H13BrN2O3S. The summed E-state index contributed by atoms with van der Waals surface area (Å²) in [7, 11) is -2.85. The monoisotopic (exact) mass is 344 g/mol. The van der Waals surface area contributed by atoms with Gasteiger partial charge in [-0.2, -0.15) is 0 Å². The summed E-state index contributed by atoms with van der Waals surface area (Å²) in [6, 6.07) is 5.68. The molecule has 2 aromatic rings. The molecule has 1 atom stereocenters. The largest absolute Gasteiger partial charge is 0.438 e. The maximum atomic E-state index is 11.4. The highest BCUT2D eigenvalue weighted by Crippen LogP contribution is 2.24. The average molecular weight is 345 g/mol. The van der Waals surface area contributed by atoms with Gasteiger partial charge in [0.05, 0.1) is 22.5 Å². The Morgan fingerprint density at radius 1 is 1.47 bits per heavy atom. The molecule has 0 aliphatic carbocycles. The van der Waals surface area contributed by atoms with Crippen LogP contribution in [0, 0.1) is 0 Å². The van der Waals surface area contributed by atoms with Gasteiger partial charge in [0.15, 0.2) is 15.4 Å². The number of sulfone groups is 1. The fourth-order valence-corrected chi connectivity index (χ4v) is 4.37. The zero-order chi connectivity index (χ0) is 13.5. The molecule has 2 heterocycles. The van der Waals surface area contributed by atoms with Gasteiger partial charge in [0.1, 0.15) is 5.52 Å². The van der Waals surface area contributed by atoms with E-state index in [1.165, 1.54) is 0 Å². The third-order valence-electron chi connectivity index (χ3n) is 3.19. The van der Waals surface area contributed by atoms with Gasteiger partial charge in [-0.25, -0.2) is 13.4 Å². The van der Waals surface area contributed by atoms with Gasteiger partial charge < -0.3 is 9.73 Å². The molecular weight excluding hydrogens is 332 g/mol. The molecule has 0 amide bonds. The maximum Gasteiger partial charge on any atom is 0.209 e. The quantitative estimate of drug-likeness (QED) is 0.920. The van der Waals surface area contributed by atoms with Gasteiger partial charge in [0, 0.05) is 6.04 Å². The normalized spacial score (nSPS) is 22.1. The molecule has 0 bridgehead atoms. The maximum absolute atomic E-state index is 11.4. The lowest BCUT2D eigenvalue weighted by Crippen LogP contribution is -2.29. The first kappa shape index (κ1) is 13.1. The van der Waals surface area contributed by atoms with Gasteiger partial charge in [0.25, 0.3) is 0 Å². The summed E-state index contributed by atoms with van der Waals surface area (Å²) in [6.45, 7) is 0.446. The molecule has 102 valence electrons. The molecule has 7 heteroatoms. The van der Waals surface area contributed by atoms with E-state index < -0.39 is 9.84 Å². The topological polar surface area (TPSA) is 72.2 Å². The van der Waals surface area contributed by atoms with Crippen molar-refractivity contribution in [3.8, 4) is 0 Å². The lowest BCUT2D eigenvalue weighted by atomic mass is 10.3. The summed E-state index contributed by atoms with van der Waals surface area (Å²) >= 11 is 3.41. The molecule has 0 saturated carbocycles. The summed E-state index contributed by atoms with van der Waals surface area (Å²) in [5.74, 6) is 1.05. The molecule has 1 aliphatic rings. The van der Waals surface area contributed by atoms with Crippen molar-refractivity contribution in [3.05, 3.63) is 28.6 Å². The van der Waals surface area contributed by atoms with Crippen LogP contribution in [0.25, 0.3) is 11.1 Å². The third kappa shape index (κ3) is 2.82. The molecule has 3 rings (SSSR count). The van der Waals surface area contributed by atoms with Crippen LogP contribution in [-0.2, 0) is 16.4 Å². The predicted octanol–water partition coefficient (Wildman–Crippen LogP) is 1.87. The number of nitrogens with zero attached hydrogens (tertiary/aromatic N) is 1. The van der Waals surface area contributed by atoms with Crippen LogP contribution in [0.1, 0.15) is 12.3 Å². The number of halogens is 1. The van der Waals surface area contributed by atoms with Gasteiger partial charge in [0.2, 0.25) is 5.89 Å². The van der Waals surface area contributed by atoms with Crippen molar-refractivity contribution >= 4 is 36.9 Å². The second-order valence-electron chi connectivity index (χ2n) is 4.68. The number of benzene rings is 1. The van der Waals surface area contributed by atoms with Crippen LogP contribution < -0.4 is 5.32 Å². The lowest BCUT2D eigenvalue weighted by molar-refractivity contribution is 0.462. The number of oxazole rings is 1. The van der Waals surface area contributed by atoms with Crippen LogP contribution in [0.5, 0.6) is 0 Å². The van der Waals surface area contributed by atoms with Crippen molar-refractivity contribution < 1.29 is 12.8 Å². The molecule has 0 spiro atoms. The van der Waals surface area contributed by atoms with Crippen molar-refractivity contribution in [3.63, 3.8) is 0 Å². The molecule has 1 N–H and O–H groups in total. The first-order chi connectivity index (χ1) is 9.03. The molecule has 1 aliphatic heterocycles. The van der Waals surface area contributed by atoms with Crippen LogP contribution in [-0.4, -0.2) is 30.9 Å². The minimum atomic E-state index is -2.85. The number of hydrogen-bond acceptors (Lipinski definition) is 5. The minimum Gasteiger partial charge on any atom is -0.438 e. The molecule has 19 heavy (non-hydrogen) atoms. The molecule has 0 radical (unpaired) electrons. The minimum absolute atomic E-state index is 0.00320. The molecule has 1 fully saturated rings. The number of hydrogen-bond donors (Lipinski definition) is 1. The average Bonchev–Trinajstić information content (AvgIpc) is 2.91. The van der Waals surface area contributed by atoms with Crippen LogP contribution in [0.4, 0.5) is 0 Å². The zero-order valence-corrected chi connectivity index (χ0v) is 12.5. The Balaban J connectivity index is 1.71. The van der Waals surface area contributed by atoms with Gasteiger partial charge in [-0.1, -0.05) is 6.07 Å². The van der Waals surface area contributed by atoms with Crippen LogP contribution in [0.3, 0.4) is 0 Å². The van der Waals surface area contributed by atoms with Gasteiger partial charge in [-0.15, -0.1) is 0 Å². The summed E-state index contributed by atoms with van der Waals surface area (Å²) in [6.07, 6.45) is 0.659. The van der Waals surface area contributed by atoms with Crippen molar-refractivity contribution in [1.29, 1.82) is 0 Å². The first-order valence-electron chi connectivity index (χ1n) is 6.01. The number of fused-ring (bicyclic) bond motifs is 1. The second-order valence-corrected chi connectivity index (χ2v) is 7.76. The van der Waals surface area contributed by atoms with Crippen LogP contribution in [0.15, 0.2) is 27.1 Å². The summed E-state index contributed by atoms with van der Waals surface area (Å²) in [5, 5.41) is 3.18. The van der Waals surface area contributed by atoms with E-state index in [0.717, 1.165) is 15.6 Å². The van der Waals surface area contributed by atoms with Gasteiger partial charge in [-0.05, 0) is 34.5 Å². The Morgan fingerprint density at radius 2 is 2.32 bits per heavy atom. The van der Waals surface area contributed by atoms with Crippen molar-refractivity contribution in [2.45, 2.75) is 19.0 Å². The fourth-order valence-electron chi connectivity index (χ4n) is 2.22. The molecule has 1 unspecified atom stereocenters. The first-order valence-corrected chi connectivity index (χ1v) is 8.63. The van der Waals surface area contributed by atoms with E-state index in [1.807, 2.05) is 18.2 Å². The highest BCUT2D eigenvalue weighted by molar-refractivity contribution is 9.10. The second kappa shape index (κ2) is 4.88. The van der Waals surface area contributed by atoms with Gasteiger partial charge >= 0.3 is 0 Å². The van der Waals surface area contributed by atoms with Crippen LogP contribution in [0.2, 0.25) is 0 Å². The summed E-state index contributed by atoms with van der Waals surface area (Å²) in [5.41, 5.74) is 1.52. The third-order valence-corrected chi connectivity index (χ3v) is 5.58. The smallest absolute Gasteiger partial charge is 0.209 e. The Labute approximate surface area is 119 Å². The van der Waals surface area contributed by atoms with Crippen molar-refractivity contribution in [2.75, 3.05) is 11.5 Å².